The largest absolute Gasteiger partial charge is 0.297 e. The average molecular weight is 151 g/mol. The van der Waals surface area contributed by atoms with Crippen LogP contribution in [0.3, 0.4) is 0 Å². The Labute approximate surface area is 68.9 Å². The molecule has 2 unspecified atom stereocenters. The Bertz CT molecular complexity index is 203. The zero-order valence-corrected chi connectivity index (χ0v) is 7.72. The van der Waals surface area contributed by atoms with Crippen molar-refractivity contribution in [1.82, 2.24) is 0 Å². The zero-order chi connectivity index (χ0) is 8.06. The number of hydrogen-bond donors (Lipinski definition) is 0. The molecule has 11 heavy (non-hydrogen) atoms. The van der Waals surface area contributed by atoms with Crippen LogP contribution in [0, 0.1) is 17.3 Å². The second-order valence-electron chi connectivity index (χ2n) is 4.54. The number of nitrogens with zero attached hydrogens (tertiary/aromatic N) is 1. The van der Waals surface area contributed by atoms with Crippen molar-refractivity contribution in [1.29, 1.82) is 0 Å². The monoisotopic (exact) mass is 151 g/mol. The molecule has 0 aromatic heterocycles. The third-order valence-electron chi connectivity index (χ3n) is 3.74. The van der Waals surface area contributed by atoms with Crippen molar-refractivity contribution in [3.8, 4) is 0 Å². The maximum absolute atomic E-state index is 4.44. The maximum Gasteiger partial charge on any atom is 0.0276 e. The summed E-state index contributed by atoms with van der Waals surface area (Å²) in [6.07, 6.45) is 4.26. The van der Waals surface area contributed by atoms with E-state index >= 15 is 0 Å². The van der Waals surface area contributed by atoms with Gasteiger partial charge < -0.3 is 0 Å². The summed E-state index contributed by atoms with van der Waals surface area (Å²) in [6, 6.07) is 0. The van der Waals surface area contributed by atoms with E-state index < -0.39 is 0 Å². The molecule has 0 aromatic rings. The summed E-state index contributed by atoms with van der Waals surface area (Å²) in [5.41, 5.74) is 1.92. The SMILES string of the molecule is C/N=C1\C2CCC(C2)C1(C)C. The average Bonchev–Trinajstić information content (AvgIpc) is 2.44. The summed E-state index contributed by atoms with van der Waals surface area (Å²) in [7, 11) is 1.96. The first-order valence-electron chi connectivity index (χ1n) is 4.63. The molecule has 0 amide bonds. The highest BCUT2D eigenvalue weighted by molar-refractivity contribution is 5.94. The Morgan fingerprint density at radius 1 is 1.36 bits per heavy atom. The fraction of sp³-hybridized carbons (Fsp3) is 0.900. The molecule has 2 bridgehead atoms. The molecule has 0 radical (unpaired) electrons. The number of fused-ring (bicyclic) bond motifs is 2. The van der Waals surface area contributed by atoms with Crippen LogP contribution in [0.15, 0.2) is 4.99 Å². The molecule has 2 fully saturated rings. The van der Waals surface area contributed by atoms with Gasteiger partial charge in [-0.2, -0.15) is 0 Å². The predicted octanol–water partition coefficient (Wildman–Crippen LogP) is 2.51. The van der Waals surface area contributed by atoms with Crippen LogP contribution < -0.4 is 0 Å². The molecule has 0 N–H and O–H groups in total. The van der Waals surface area contributed by atoms with Crippen LogP contribution in [0.2, 0.25) is 0 Å². The van der Waals surface area contributed by atoms with E-state index in [1.54, 1.807) is 0 Å². The van der Waals surface area contributed by atoms with Crippen molar-refractivity contribution in [2.75, 3.05) is 7.05 Å². The van der Waals surface area contributed by atoms with Crippen LogP contribution in [0.5, 0.6) is 0 Å². The van der Waals surface area contributed by atoms with E-state index in [4.69, 9.17) is 0 Å². The Morgan fingerprint density at radius 3 is 2.45 bits per heavy atom. The van der Waals surface area contributed by atoms with Crippen molar-refractivity contribution >= 4 is 5.71 Å². The molecule has 2 aliphatic rings. The Morgan fingerprint density at radius 2 is 2.09 bits per heavy atom. The van der Waals surface area contributed by atoms with Crippen molar-refractivity contribution in [3.63, 3.8) is 0 Å². The summed E-state index contributed by atoms with van der Waals surface area (Å²) < 4.78 is 0. The highest BCUT2D eigenvalue weighted by atomic mass is 14.8. The lowest BCUT2D eigenvalue weighted by atomic mass is 9.75. The molecular weight excluding hydrogens is 134 g/mol. The van der Waals surface area contributed by atoms with Gasteiger partial charge in [0.2, 0.25) is 0 Å². The van der Waals surface area contributed by atoms with Gasteiger partial charge >= 0.3 is 0 Å². The molecule has 0 aromatic carbocycles. The van der Waals surface area contributed by atoms with Gasteiger partial charge in [0, 0.05) is 18.2 Å². The number of aliphatic imine (C=N–C) groups is 1. The minimum atomic E-state index is 0.428. The van der Waals surface area contributed by atoms with E-state index in [1.807, 2.05) is 7.05 Å². The van der Waals surface area contributed by atoms with Crippen LogP contribution >= 0.6 is 0 Å². The van der Waals surface area contributed by atoms with Gasteiger partial charge in [-0.15, -0.1) is 0 Å². The van der Waals surface area contributed by atoms with Crippen LogP contribution in [-0.4, -0.2) is 12.8 Å². The normalized spacial score (nSPS) is 43.7. The molecular formula is C10H17N. The molecule has 2 aliphatic carbocycles. The molecule has 0 aliphatic heterocycles. The van der Waals surface area contributed by atoms with Gasteiger partial charge in [-0.3, -0.25) is 4.99 Å². The van der Waals surface area contributed by atoms with E-state index in [1.165, 1.54) is 25.0 Å². The van der Waals surface area contributed by atoms with Crippen LogP contribution in [0.4, 0.5) is 0 Å². The molecule has 0 spiro atoms. The molecule has 2 saturated carbocycles. The highest BCUT2D eigenvalue weighted by Crippen LogP contribution is 2.53. The summed E-state index contributed by atoms with van der Waals surface area (Å²) >= 11 is 0. The minimum absolute atomic E-state index is 0.428. The highest BCUT2D eigenvalue weighted by Gasteiger charge is 2.49. The lowest BCUT2D eigenvalue weighted by Gasteiger charge is -2.31. The van der Waals surface area contributed by atoms with Crippen LogP contribution in [0.25, 0.3) is 0 Å². The number of hydrogen-bond acceptors (Lipinski definition) is 1. The minimum Gasteiger partial charge on any atom is -0.297 e. The van der Waals surface area contributed by atoms with Crippen LogP contribution in [0.1, 0.15) is 33.1 Å². The summed E-state index contributed by atoms with van der Waals surface area (Å²) in [4.78, 5) is 4.44. The summed E-state index contributed by atoms with van der Waals surface area (Å²) in [6.45, 7) is 4.72. The van der Waals surface area contributed by atoms with Gasteiger partial charge in [0.25, 0.3) is 0 Å². The third-order valence-corrected chi connectivity index (χ3v) is 3.74. The second kappa shape index (κ2) is 2.09. The van der Waals surface area contributed by atoms with Gasteiger partial charge in [0.1, 0.15) is 0 Å². The standard InChI is InChI=1S/C10H17N/c1-10(2)8-5-4-7(6-8)9(10)11-3/h7-8H,4-6H2,1-3H3/b11-9+. The van der Waals surface area contributed by atoms with Crippen molar-refractivity contribution in [2.45, 2.75) is 33.1 Å². The Balaban J connectivity index is 2.36. The molecule has 0 heterocycles. The molecule has 0 saturated heterocycles. The molecule has 2 atom stereocenters. The first-order valence-corrected chi connectivity index (χ1v) is 4.63. The number of rotatable bonds is 0. The fourth-order valence-corrected chi connectivity index (χ4v) is 3.09. The molecule has 1 nitrogen and oxygen atoms in total. The van der Waals surface area contributed by atoms with Crippen LogP contribution in [-0.2, 0) is 0 Å². The summed E-state index contributed by atoms with van der Waals surface area (Å²) in [5, 5.41) is 0. The van der Waals surface area contributed by atoms with Gasteiger partial charge in [0.05, 0.1) is 0 Å². The zero-order valence-electron chi connectivity index (χ0n) is 7.72. The van der Waals surface area contributed by atoms with E-state index in [2.05, 4.69) is 18.8 Å². The lowest BCUT2D eigenvalue weighted by molar-refractivity contribution is 0.334. The third kappa shape index (κ3) is 0.800. The molecule has 62 valence electrons. The van der Waals surface area contributed by atoms with Crippen molar-refractivity contribution in [3.05, 3.63) is 0 Å². The van der Waals surface area contributed by atoms with E-state index in [0.717, 1.165) is 11.8 Å². The first kappa shape index (κ1) is 7.33. The van der Waals surface area contributed by atoms with E-state index in [0.29, 0.717) is 5.41 Å². The van der Waals surface area contributed by atoms with E-state index in [9.17, 15) is 0 Å². The Hall–Kier alpha value is -0.330. The van der Waals surface area contributed by atoms with E-state index in [-0.39, 0.29) is 0 Å². The lowest BCUT2D eigenvalue weighted by Crippen LogP contribution is -2.30. The van der Waals surface area contributed by atoms with Gasteiger partial charge in [-0.1, -0.05) is 13.8 Å². The second-order valence-corrected chi connectivity index (χ2v) is 4.54. The summed E-state index contributed by atoms with van der Waals surface area (Å²) in [5.74, 6) is 1.78. The Kier molecular flexibility index (Phi) is 1.39. The predicted molar refractivity (Wildman–Crippen MR) is 48.0 cm³/mol. The smallest absolute Gasteiger partial charge is 0.0276 e. The van der Waals surface area contributed by atoms with Gasteiger partial charge in [-0.05, 0) is 31.1 Å². The maximum atomic E-state index is 4.44. The first-order chi connectivity index (χ1) is 5.16. The molecule has 2 rings (SSSR count). The fourth-order valence-electron chi connectivity index (χ4n) is 3.09. The van der Waals surface area contributed by atoms with Crippen molar-refractivity contribution in [2.24, 2.45) is 22.2 Å². The van der Waals surface area contributed by atoms with Crippen molar-refractivity contribution < 1.29 is 0 Å². The topological polar surface area (TPSA) is 12.4 Å². The van der Waals surface area contributed by atoms with Gasteiger partial charge in [-0.25, -0.2) is 0 Å². The quantitative estimate of drug-likeness (QED) is 0.504. The van der Waals surface area contributed by atoms with Gasteiger partial charge in [0.15, 0.2) is 0 Å². The molecule has 1 heteroatoms.